The summed E-state index contributed by atoms with van der Waals surface area (Å²) < 4.78 is 0. The Morgan fingerprint density at radius 1 is 1.59 bits per heavy atom. The van der Waals surface area contributed by atoms with Gasteiger partial charge in [0.25, 0.3) is 5.69 Å². The van der Waals surface area contributed by atoms with Crippen LogP contribution >= 0.6 is 0 Å². The summed E-state index contributed by atoms with van der Waals surface area (Å²) in [4.78, 5) is 11.9. The van der Waals surface area contributed by atoms with Crippen LogP contribution in [-0.4, -0.2) is 29.2 Å². The third-order valence-electron chi connectivity index (χ3n) is 2.82. The van der Waals surface area contributed by atoms with Crippen LogP contribution in [0.4, 0.5) is 11.4 Å². The Morgan fingerprint density at radius 2 is 2.35 bits per heavy atom. The average molecular weight is 233 g/mol. The van der Waals surface area contributed by atoms with Crippen molar-refractivity contribution in [2.24, 2.45) is 0 Å². The van der Waals surface area contributed by atoms with Gasteiger partial charge in [-0.3, -0.25) is 10.1 Å². The van der Waals surface area contributed by atoms with Crippen molar-refractivity contribution in [3.05, 3.63) is 33.9 Å². The highest BCUT2D eigenvalue weighted by molar-refractivity contribution is 5.63. The van der Waals surface area contributed by atoms with Crippen LogP contribution in [0, 0.1) is 21.4 Å². The first-order valence-electron chi connectivity index (χ1n) is 5.23. The summed E-state index contributed by atoms with van der Waals surface area (Å²) in [5.41, 5.74) is 0.827. The first kappa shape index (κ1) is 11.4. The predicted octanol–water partition coefficient (Wildman–Crippen LogP) is 1.04. The van der Waals surface area contributed by atoms with Gasteiger partial charge in [-0.15, -0.1) is 0 Å². The van der Waals surface area contributed by atoms with E-state index in [0.29, 0.717) is 25.2 Å². The molecule has 0 bridgehead atoms. The molecule has 1 saturated heterocycles. The summed E-state index contributed by atoms with van der Waals surface area (Å²) in [6.45, 7) is 1.13. The van der Waals surface area contributed by atoms with Gasteiger partial charge in [0.05, 0.1) is 22.3 Å². The maximum Gasteiger partial charge on any atom is 0.270 e. The molecule has 6 heteroatoms. The van der Waals surface area contributed by atoms with Gasteiger partial charge in [-0.2, -0.15) is 5.26 Å². The summed E-state index contributed by atoms with van der Waals surface area (Å²) in [6.07, 6.45) is 0.263. The molecule has 1 heterocycles. The van der Waals surface area contributed by atoms with Gasteiger partial charge in [0.1, 0.15) is 6.07 Å². The van der Waals surface area contributed by atoms with Crippen molar-refractivity contribution in [2.45, 2.75) is 12.5 Å². The highest BCUT2D eigenvalue weighted by Crippen LogP contribution is 2.27. The molecule has 88 valence electrons. The number of nitro benzene ring substituents is 1. The molecule has 1 atom stereocenters. The molecule has 1 fully saturated rings. The molecule has 2 rings (SSSR count). The van der Waals surface area contributed by atoms with Crippen molar-refractivity contribution >= 4 is 11.4 Å². The molecule has 1 N–H and O–H groups in total. The molecule has 1 aromatic carbocycles. The SMILES string of the molecule is N#Cc1cc([N+](=O)[O-])ccc1N1CC[C@H](O)C1. The van der Waals surface area contributed by atoms with Crippen LogP contribution in [0.5, 0.6) is 0 Å². The Morgan fingerprint density at radius 3 is 2.88 bits per heavy atom. The summed E-state index contributed by atoms with van der Waals surface area (Å²) in [7, 11) is 0. The number of nitro groups is 1. The molecule has 0 aromatic heterocycles. The Bertz CT molecular complexity index is 495. The van der Waals surface area contributed by atoms with E-state index in [1.54, 1.807) is 6.07 Å². The Balaban J connectivity index is 2.35. The number of hydrogen-bond acceptors (Lipinski definition) is 5. The largest absolute Gasteiger partial charge is 0.391 e. The molecule has 0 saturated carbocycles. The highest BCUT2D eigenvalue weighted by atomic mass is 16.6. The second-order valence-electron chi connectivity index (χ2n) is 3.96. The van der Waals surface area contributed by atoms with E-state index >= 15 is 0 Å². The van der Waals surface area contributed by atoms with Crippen LogP contribution in [0.25, 0.3) is 0 Å². The number of β-amino-alcohol motifs (C(OH)–C–C–N with tert-alkyl or cyclic N) is 1. The van der Waals surface area contributed by atoms with Gasteiger partial charge in [-0.25, -0.2) is 0 Å². The fourth-order valence-electron chi connectivity index (χ4n) is 1.96. The van der Waals surface area contributed by atoms with Crippen LogP contribution < -0.4 is 4.90 Å². The summed E-state index contributed by atoms with van der Waals surface area (Å²) in [5, 5.41) is 29.0. The Hall–Kier alpha value is -2.13. The maximum absolute atomic E-state index is 10.6. The van der Waals surface area contributed by atoms with Crippen molar-refractivity contribution in [1.82, 2.24) is 0 Å². The lowest BCUT2D eigenvalue weighted by molar-refractivity contribution is -0.384. The zero-order chi connectivity index (χ0) is 12.4. The molecule has 0 spiro atoms. The fourth-order valence-corrected chi connectivity index (χ4v) is 1.96. The molecule has 1 aliphatic heterocycles. The number of nitrogens with zero attached hydrogens (tertiary/aromatic N) is 3. The lowest BCUT2D eigenvalue weighted by atomic mass is 10.1. The molecular formula is C11H11N3O3. The van der Waals surface area contributed by atoms with E-state index < -0.39 is 11.0 Å². The molecule has 0 amide bonds. The van der Waals surface area contributed by atoms with Gasteiger partial charge in [0.2, 0.25) is 0 Å². The van der Waals surface area contributed by atoms with Crippen LogP contribution in [0.1, 0.15) is 12.0 Å². The molecular weight excluding hydrogens is 222 g/mol. The third-order valence-corrected chi connectivity index (χ3v) is 2.82. The molecule has 6 nitrogen and oxygen atoms in total. The molecule has 1 aliphatic rings. The third kappa shape index (κ3) is 2.19. The standard InChI is InChI=1S/C11H11N3O3/c12-6-8-5-9(14(16)17)1-2-11(8)13-4-3-10(15)7-13/h1-2,5,10,15H,3-4,7H2/t10-/m0/s1. The summed E-state index contributed by atoms with van der Waals surface area (Å²) in [5.74, 6) is 0. The van der Waals surface area contributed by atoms with E-state index in [0.717, 1.165) is 0 Å². The zero-order valence-corrected chi connectivity index (χ0v) is 9.04. The summed E-state index contributed by atoms with van der Waals surface area (Å²) >= 11 is 0. The average Bonchev–Trinajstić information content (AvgIpc) is 2.74. The van der Waals surface area contributed by atoms with Gasteiger partial charge in [0, 0.05) is 25.2 Å². The topological polar surface area (TPSA) is 90.4 Å². The smallest absolute Gasteiger partial charge is 0.270 e. The fraction of sp³-hybridized carbons (Fsp3) is 0.364. The van der Waals surface area contributed by atoms with Gasteiger partial charge in [-0.05, 0) is 12.5 Å². The van der Waals surface area contributed by atoms with Crippen LogP contribution in [-0.2, 0) is 0 Å². The molecule has 17 heavy (non-hydrogen) atoms. The summed E-state index contributed by atoms with van der Waals surface area (Å²) in [6, 6.07) is 6.16. The van der Waals surface area contributed by atoms with E-state index in [1.165, 1.54) is 12.1 Å². The first-order valence-corrected chi connectivity index (χ1v) is 5.23. The number of hydrogen-bond donors (Lipinski definition) is 1. The number of nitriles is 1. The van der Waals surface area contributed by atoms with Crippen LogP contribution in [0.15, 0.2) is 18.2 Å². The minimum atomic E-state index is -0.524. The predicted molar refractivity (Wildman–Crippen MR) is 60.6 cm³/mol. The van der Waals surface area contributed by atoms with Crippen molar-refractivity contribution in [2.75, 3.05) is 18.0 Å². The lowest BCUT2D eigenvalue weighted by Crippen LogP contribution is -2.22. The lowest BCUT2D eigenvalue weighted by Gasteiger charge is -2.18. The number of rotatable bonds is 2. The van der Waals surface area contributed by atoms with Gasteiger partial charge in [-0.1, -0.05) is 0 Å². The van der Waals surface area contributed by atoms with E-state index in [2.05, 4.69) is 0 Å². The quantitative estimate of drug-likeness (QED) is 0.608. The number of non-ortho nitro benzene ring substituents is 1. The van der Waals surface area contributed by atoms with E-state index in [4.69, 9.17) is 5.26 Å². The van der Waals surface area contributed by atoms with Crippen molar-refractivity contribution in [3.8, 4) is 6.07 Å². The molecule has 0 aliphatic carbocycles. The molecule has 1 aromatic rings. The highest BCUT2D eigenvalue weighted by Gasteiger charge is 2.23. The Labute approximate surface area is 97.8 Å². The monoisotopic (exact) mass is 233 g/mol. The maximum atomic E-state index is 10.6. The number of benzene rings is 1. The first-order chi connectivity index (χ1) is 8.11. The Kier molecular flexibility index (Phi) is 2.93. The molecule has 0 radical (unpaired) electrons. The van der Waals surface area contributed by atoms with Gasteiger partial charge in [0.15, 0.2) is 0 Å². The zero-order valence-electron chi connectivity index (χ0n) is 9.04. The van der Waals surface area contributed by atoms with Crippen LogP contribution in [0.3, 0.4) is 0 Å². The second-order valence-corrected chi connectivity index (χ2v) is 3.96. The minimum Gasteiger partial charge on any atom is -0.391 e. The van der Waals surface area contributed by atoms with Crippen molar-refractivity contribution < 1.29 is 10.0 Å². The number of aliphatic hydroxyl groups excluding tert-OH is 1. The van der Waals surface area contributed by atoms with Crippen molar-refractivity contribution in [3.63, 3.8) is 0 Å². The molecule has 0 unspecified atom stereocenters. The van der Waals surface area contributed by atoms with Crippen LogP contribution in [0.2, 0.25) is 0 Å². The van der Waals surface area contributed by atoms with Gasteiger partial charge < -0.3 is 10.0 Å². The van der Waals surface area contributed by atoms with Gasteiger partial charge >= 0.3 is 0 Å². The number of anilines is 1. The number of aliphatic hydroxyl groups is 1. The second kappa shape index (κ2) is 4.39. The normalized spacial score (nSPS) is 19.1. The van der Waals surface area contributed by atoms with E-state index in [1.807, 2.05) is 11.0 Å². The van der Waals surface area contributed by atoms with E-state index in [9.17, 15) is 15.2 Å². The minimum absolute atomic E-state index is 0.0926. The van der Waals surface area contributed by atoms with Crippen molar-refractivity contribution in [1.29, 1.82) is 5.26 Å². The van der Waals surface area contributed by atoms with E-state index in [-0.39, 0.29) is 11.3 Å².